The standard InChI is InChI=1S/C15H20IN3/c1-9-3-5-13(10(2)7-9)19-14-6-4-11(16)8-12(14)18-15(19)17/h4,6,8-10,13H,3,5,7H2,1-2H3,(H2,17,18). The molecule has 0 spiro atoms. The summed E-state index contributed by atoms with van der Waals surface area (Å²) < 4.78 is 3.47. The summed E-state index contributed by atoms with van der Waals surface area (Å²) in [5, 5.41) is 0. The summed E-state index contributed by atoms with van der Waals surface area (Å²) in [6.07, 6.45) is 3.79. The van der Waals surface area contributed by atoms with Gasteiger partial charge in [0.25, 0.3) is 0 Å². The van der Waals surface area contributed by atoms with Gasteiger partial charge in [0.1, 0.15) is 0 Å². The van der Waals surface area contributed by atoms with Gasteiger partial charge in [-0.1, -0.05) is 13.8 Å². The number of hydrogen-bond acceptors (Lipinski definition) is 2. The second-order valence-electron chi connectivity index (χ2n) is 5.94. The van der Waals surface area contributed by atoms with E-state index < -0.39 is 0 Å². The largest absolute Gasteiger partial charge is 0.369 e. The van der Waals surface area contributed by atoms with Crippen LogP contribution < -0.4 is 5.73 Å². The molecule has 0 radical (unpaired) electrons. The smallest absolute Gasteiger partial charge is 0.201 e. The van der Waals surface area contributed by atoms with Crippen LogP contribution in [0.4, 0.5) is 5.95 Å². The summed E-state index contributed by atoms with van der Waals surface area (Å²) in [6.45, 7) is 4.70. The molecule has 2 N–H and O–H groups in total. The minimum absolute atomic E-state index is 0.501. The van der Waals surface area contributed by atoms with Crippen LogP contribution >= 0.6 is 22.6 Å². The lowest BCUT2D eigenvalue weighted by atomic mass is 9.79. The zero-order valence-electron chi connectivity index (χ0n) is 11.4. The lowest BCUT2D eigenvalue weighted by molar-refractivity contribution is 0.213. The first-order valence-electron chi connectivity index (χ1n) is 6.99. The van der Waals surface area contributed by atoms with Crippen LogP contribution in [0.1, 0.15) is 39.2 Å². The third-order valence-corrected chi connectivity index (χ3v) is 5.07. The molecule has 1 saturated carbocycles. The predicted octanol–water partition coefficient (Wildman–Crippen LogP) is 4.22. The van der Waals surface area contributed by atoms with Crippen LogP contribution in [0.3, 0.4) is 0 Å². The Morgan fingerprint density at radius 3 is 2.84 bits per heavy atom. The summed E-state index contributed by atoms with van der Waals surface area (Å²) in [7, 11) is 0. The summed E-state index contributed by atoms with van der Waals surface area (Å²) in [5.74, 6) is 2.18. The lowest BCUT2D eigenvalue weighted by Crippen LogP contribution is -2.25. The Kier molecular flexibility index (Phi) is 3.45. The molecule has 1 aliphatic rings. The molecule has 1 fully saturated rings. The molecule has 3 unspecified atom stereocenters. The maximum absolute atomic E-state index is 6.18. The molecule has 102 valence electrons. The average molecular weight is 369 g/mol. The van der Waals surface area contributed by atoms with Crippen LogP contribution in [0.25, 0.3) is 11.0 Å². The summed E-state index contributed by atoms with van der Waals surface area (Å²) >= 11 is 2.32. The van der Waals surface area contributed by atoms with Gasteiger partial charge in [-0.25, -0.2) is 4.98 Å². The van der Waals surface area contributed by atoms with Crippen LogP contribution in [0.15, 0.2) is 18.2 Å². The first-order chi connectivity index (χ1) is 9.06. The highest BCUT2D eigenvalue weighted by Gasteiger charge is 2.29. The highest BCUT2D eigenvalue weighted by Crippen LogP contribution is 2.39. The Bertz CT molecular complexity index is 605. The molecule has 1 aromatic carbocycles. The first kappa shape index (κ1) is 13.2. The van der Waals surface area contributed by atoms with E-state index in [-0.39, 0.29) is 0 Å². The quantitative estimate of drug-likeness (QED) is 0.765. The van der Waals surface area contributed by atoms with Crippen molar-refractivity contribution >= 4 is 39.6 Å². The van der Waals surface area contributed by atoms with Crippen molar-refractivity contribution in [1.82, 2.24) is 9.55 Å². The van der Waals surface area contributed by atoms with E-state index in [1.165, 1.54) is 28.3 Å². The third-order valence-electron chi connectivity index (χ3n) is 4.40. The molecule has 1 heterocycles. The van der Waals surface area contributed by atoms with E-state index in [1.54, 1.807) is 0 Å². The van der Waals surface area contributed by atoms with Gasteiger partial charge in [0.15, 0.2) is 0 Å². The lowest BCUT2D eigenvalue weighted by Gasteiger charge is -2.34. The van der Waals surface area contributed by atoms with Crippen molar-refractivity contribution in [1.29, 1.82) is 0 Å². The van der Waals surface area contributed by atoms with Crippen LogP contribution in [0, 0.1) is 15.4 Å². The van der Waals surface area contributed by atoms with Crippen molar-refractivity contribution < 1.29 is 0 Å². The monoisotopic (exact) mass is 369 g/mol. The van der Waals surface area contributed by atoms with Crippen molar-refractivity contribution in [3.63, 3.8) is 0 Å². The molecule has 0 saturated heterocycles. The summed E-state index contributed by atoms with van der Waals surface area (Å²) in [5.41, 5.74) is 8.39. The van der Waals surface area contributed by atoms with Gasteiger partial charge < -0.3 is 10.3 Å². The van der Waals surface area contributed by atoms with Crippen LogP contribution in [-0.4, -0.2) is 9.55 Å². The molecule has 1 aromatic heterocycles. The highest BCUT2D eigenvalue weighted by molar-refractivity contribution is 14.1. The van der Waals surface area contributed by atoms with Gasteiger partial charge in [0.05, 0.1) is 11.0 Å². The van der Waals surface area contributed by atoms with Gasteiger partial charge in [0, 0.05) is 9.61 Å². The van der Waals surface area contributed by atoms with E-state index in [0.29, 0.717) is 17.9 Å². The third kappa shape index (κ3) is 2.35. The minimum Gasteiger partial charge on any atom is -0.369 e. The van der Waals surface area contributed by atoms with Crippen molar-refractivity contribution in [3.05, 3.63) is 21.8 Å². The number of hydrogen-bond donors (Lipinski definition) is 1. The Morgan fingerprint density at radius 2 is 2.11 bits per heavy atom. The van der Waals surface area contributed by atoms with E-state index in [1.807, 2.05) is 0 Å². The predicted molar refractivity (Wildman–Crippen MR) is 88.1 cm³/mol. The Labute approximate surface area is 127 Å². The molecule has 3 nitrogen and oxygen atoms in total. The van der Waals surface area contributed by atoms with Gasteiger partial charge in [-0.2, -0.15) is 0 Å². The first-order valence-corrected chi connectivity index (χ1v) is 8.07. The molecule has 4 heteroatoms. The highest BCUT2D eigenvalue weighted by atomic mass is 127. The summed E-state index contributed by atoms with van der Waals surface area (Å²) in [4.78, 5) is 4.54. The number of imidazole rings is 1. The number of nitrogens with zero attached hydrogens (tertiary/aromatic N) is 2. The molecular formula is C15H20IN3. The van der Waals surface area contributed by atoms with Crippen LogP contribution in [0.5, 0.6) is 0 Å². The number of nitrogens with two attached hydrogens (primary N) is 1. The van der Waals surface area contributed by atoms with Crippen LogP contribution in [-0.2, 0) is 0 Å². The molecule has 1 aliphatic carbocycles. The van der Waals surface area contributed by atoms with E-state index >= 15 is 0 Å². The number of aromatic nitrogens is 2. The number of nitrogen functional groups attached to an aromatic ring is 1. The maximum Gasteiger partial charge on any atom is 0.201 e. The van der Waals surface area contributed by atoms with Crippen molar-refractivity contribution in [2.75, 3.05) is 5.73 Å². The van der Waals surface area contributed by atoms with Gasteiger partial charge >= 0.3 is 0 Å². The fourth-order valence-corrected chi connectivity index (χ4v) is 3.95. The number of halogens is 1. The second-order valence-corrected chi connectivity index (χ2v) is 7.18. The molecule has 2 aromatic rings. The minimum atomic E-state index is 0.501. The molecule has 0 amide bonds. The Morgan fingerprint density at radius 1 is 1.32 bits per heavy atom. The normalized spacial score (nSPS) is 27.8. The maximum atomic E-state index is 6.18. The van der Waals surface area contributed by atoms with E-state index in [2.05, 4.69) is 64.2 Å². The Balaban J connectivity index is 2.07. The number of fused-ring (bicyclic) bond motifs is 1. The Hall–Kier alpha value is -0.780. The van der Waals surface area contributed by atoms with Crippen molar-refractivity contribution in [2.45, 2.75) is 39.2 Å². The molecule has 19 heavy (non-hydrogen) atoms. The number of benzene rings is 1. The fourth-order valence-electron chi connectivity index (χ4n) is 3.47. The number of rotatable bonds is 1. The topological polar surface area (TPSA) is 43.8 Å². The molecule has 0 aliphatic heterocycles. The van der Waals surface area contributed by atoms with Gasteiger partial charge in [-0.15, -0.1) is 0 Å². The van der Waals surface area contributed by atoms with Gasteiger partial charge in [-0.05, 0) is 71.9 Å². The molecule has 3 rings (SSSR count). The van der Waals surface area contributed by atoms with Crippen molar-refractivity contribution in [3.8, 4) is 0 Å². The molecule has 3 atom stereocenters. The molecular weight excluding hydrogens is 349 g/mol. The van der Waals surface area contributed by atoms with E-state index in [4.69, 9.17) is 5.73 Å². The van der Waals surface area contributed by atoms with E-state index in [9.17, 15) is 0 Å². The average Bonchev–Trinajstić information content (AvgIpc) is 2.65. The summed E-state index contributed by atoms with van der Waals surface area (Å²) in [6, 6.07) is 6.90. The van der Waals surface area contributed by atoms with Crippen LogP contribution in [0.2, 0.25) is 0 Å². The fraction of sp³-hybridized carbons (Fsp3) is 0.533. The second kappa shape index (κ2) is 4.96. The van der Waals surface area contributed by atoms with Gasteiger partial charge in [0.2, 0.25) is 5.95 Å². The van der Waals surface area contributed by atoms with E-state index in [0.717, 1.165) is 11.4 Å². The van der Waals surface area contributed by atoms with Gasteiger partial charge in [-0.3, -0.25) is 0 Å². The SMILES string of the molecule is CC1CCC(n2c(N)nc3cc(I)ccc32)C(C)C1. The zero-order valence-corrected chi connectivity index (χ0v) is 13.6. The number of anilines is 1. The molecule has 0 bridgehead atoms. The van der Waals surface area contributed by atoms with Crippen molar-refractivity contribution in [2.24, 2.45) is 11.8 Å². The zero-order chi connectivity index (χ0) is 13.6.